The normalized spacial score (nSPS) is 14.8. The van der Waals surface area contributed by atoms with Crippen LogP contribution in [0.15, 0.2) is 17.4 Å². The predicted molar refractivity (Wildman–Crippen MR) is 117 cm³/mol. The molecule has 158 valence electrons. The van der Waals surface area contributed by atoms with Crippen molar-refractivity contribution in [3.05, 3.63) is 51.1 Å². The van der Waals surface area contributed by atoms with Crippen molar-refractivity contribution in [2.75, 3.05) is 24.7 Å². The molecule has 3 heterocycles. The lowest BCUT2D eigenvalue weighted by Gasteiger charge is -2.35. The van der Waals surface area contributed by atoms with Crippen molar-refractivity contribution in [2.24, 2.45) is 7.05 Å². The number of aryl methyl sites for hydroxylation is 3. The average molecular weight is 400 g/mol. The Balaban J connectivity index is 1.80. The molecular weight excluding hydrogens is 366 g/mol. The van der Waals surface area contributed by atoms with Crippen LogP contribution < -0.4 is 15.8 Å². The summed E-state index contributed by atoms with van der Waals surface area (Å²) in [7, 11) is 1.98. The van der Waals surface area contributed by atoms with Gasteiger partial charge in [0, 0.05) is 56.2 Å². The zero-order chi connectivity index (χ0) is 21.1. The van der Waals surface area contributed by atoms with Crippen LogP contribution >= 0.6 is 0 Å². The molecule has 1 fully saturated rings. The predicted octanol–water partition coefficient (Wildman–Crippen LogP) is 2.80. The average Bonchev–Trinajstić information content (AvgIpc) is 2.97. The molecule has 0 spiro atoms. The van der Waals surface area contributed by atoms with Gasteiger partial charge in [-0.25, -0.2) is 0 Å². The Hall–Kier alpha value is -2.54. The molecule has 29 heavy (non-hydrogen) atoms. The van der Waals surface area contributed by atoms with Gasteiger partial charge in [0.25, 0.3) is 5.56 Å². The summed E-state index contributed by atoms with van der Waals surface area (Å²) in [6.45, 7) is 15.3. The molecule has 7 nitrogen and oxygen atoms in total. The van der Waals surface area contributed by atoms with Gasteiger partial charge in [0.05, 0.1) is 5.70 Å². The maximum atomic E-state index is 12.3. The van der Waals surface area contributed by atoms with Gasteiger partial charge in [-0.3, -0.25) is 9.48 Å². The highest BCUT2D eigenvalue weighted by molar-refractivity contribution is 5.67. The summed E-state index contributed by atoms with van der Waals surface area (Å²) in [5, 5.41) is 8.05. The highest BCUT2D eigenvalue weighted by Crippen LogP contribution is 2.29. The molecule has 1 aliphatic rings. The number of pyridine rings is 1. The highest BCUT2D eigenvalue weighted by atomic mass is 16.5. The van der Waals surface area contributed by atoms with Gasteiger partial charge in [0.15, 0.2) is 0 Å². The molecule has 2 aromatic heterocycles. The van der Waals surface area contributed by atoms with Crippen LogP contribution in [0.1, 0.15) is 47.8 Å². The fourth-order valence-corrected chi connectivity index (χ4v) is 4.27. The first-order valence-electron chi connectivity index (χ1n) is 10.3. The lowest BCUT2D eigenvalue weighted by Crippen LogP contribution is -2.40. The number of anilines is 1. The largest absolute Gasteiger partial charge is 0.381 e. The lowest BCUT2D eigenvalue weighted by atomic mass is 10.1. The summed E-state index contributed by atoms with van der Waals surface area (Å²) >= 11 is 0. The maximum absolute atomic E-state index is 12.3. The molecule has 2 N–H and O–H groups in total. The smallest absolute Gasteiger partial charge is 0.253 e. The number of hydrogen-bond donors (Lipinski definition) is 2. The van der Waals surface area contributed by atoms with E-state index in [1.54, 1.807) is 0 Å². The summed E-state index contributed by atoms with van der Waals surface area (Å²) in [6, 6.07) is 2.45. The van der Waals surface area contributed by atoms with Crippen molar-refractivity contribution in [1.29, 1.82) is 0 Å². The van der Waals surface area contributed by atoms with E-state index in [0.29, 0.717) is 12.6 Å². The number of aromatic nitrogens is 3. The monoisotopic (exact) mass is 399 g/mol. The Labute approximate surface area is 172 Å². The van der Waals surface area contributed by atoms with Gasteiger partial charge in [-0.05, 0) is 52.2 Å². The first-order chi connectivity index (χ1) is 13.8. The maximum Gasteiger partial charge on any atom is 0.253 e. The van der Waals surface area contributed by atoms with Crippen LogP contribution in [-0.4, -0.2) is 40.6 Å². The van der Waals surface area contributed by atoms with Crippen LogP contribution in [0.4, 0.5) is 5.82 Å². The molecule has 1 aliphatic heterocycles. The second-order valence-corrected chi connectivity index (χ2v) is 7.83. The van der Waals surface area contributed by atoms with Crippen LogP contribution in [0.25, 0.3) is 5.70 Å². The van der Waals surface area contributed by atoms with E-state index in [1.807, 2.05) is 31.6 Å². The Morgan fingerprint density at radius 2 is 2.07 bits per heavy atom. The van der Waals surface area contributed by atoms with E-state index in [-0.39, 0.29) is 5.56 Å². The van der Waals surface area contributed by atoms with Crippen molar-refractivity contribution >= 4 is 11.5 Å². The Morgan fingerprint density at radius 3 is 2.69 bits per heavy atom. The molecule has 0 radical (unpaired) electrons. The van der Waals surface area contributed by atoms with Crippen LogP contribution in [0.2, 0.25) is 0 Å². The summed E-state index contributed by atoms with van der Waals surface area (Å²) in [4.78, 5) is 17.6. The topological polar surface area (TPSA) is 75.2 Å². The third kappa shape index (κ3) is 4.40. The molecule has 7 heteroatoms. The Kier molecular flexibility index (Phi) is 6.47. The van der Waals surface area contributed by atoms with Crippen LogP contribution in [0.3, 0.4) is 0 Å². The SMILES string of the molecule is C=C(NCc1c(C)cc(C)[nH]c1=O)c1nn(C)c(N(CC)C2CCOCC2)c1C. The number of nitrogens with zero attached hydrogens (tertiary/aromatic N) is 3. The molecule has 2 aromatic rings. The number of aromatic amines is 1. The number of rotatable bonds is 7. The van der Waals surface area contributed by atoms with Crippen LogP contribution in [0.5, 0.6) is 0 Å². The first kappa shape index (κ1) is 21.2. The summed E-state index contributed by atoms with van der Waals surface area (Å²) < 4.78 is 7.48. The van der Waals surface area contributed by atoms with E-state index in [0.717, 1.165) is 72.2 Å². The van der Waals surface area contributed by atoms with Crippen LogP contribution in [-0.2, 0) is 18.3 Å². The van der Waals surface area contributed by atoms with Crippen LogP contribution in [0, 0.1) is 20.8 Å². The Morgan fingerprint density at radius 1 is 1.38 bits per heavy atom. The van der Waals surface area contributed by atoms with E-state index < -0.39 is 0 Å². The third-order valence-electron chi connectivity index (χ3n) is 5.75. The molecule has 0 aromatic carbocycles. The molecule has 0 amide bonds. The third-order valence-corrected chi connectivity index (χ3v) is 5.75. The number of hydrogen-bond acceptors (Lipinski definition) is 5. The zero-order valence-corrected chi connectivity index (χ0v) is 18.3. The minimum Gasteiger partial charge on any atom is -0.381 e. The van der Waals surface area contributed by atoms with Crippen molar-refractivity contribution in [1.82, 2.24) is 20.1 Å². The highest BCUT2D eigenvalue weighted by Gasteiger charge is 2.26. The Bertz CT molecular complexity index is 937. The quantitative estimate of drug-likeness (QED) is 0.749. The van der Waals surface area contributed by atoms with Gasteiger partial charge in [-0.1, -0.05) is 6.58 Å². The zero-order valence-electron chi connectivity index (χ0n) is 18.3. The molecule has 3 rings (SSSR count). The van der Waals surface area contributed by atoms with Crippen molar-refractivity contribution < 1.29 is 4.74 Å². The van der Waals surface area contributed by atoms with Gasteiger partial charge < -0.3 is 19.9 Å². The fraction of sp³-hybridized carbons (Fsp3) is 0.545. The minimum atomic E-state index is -0.0575. The van der Waals surface area contributed by atoms with E-state index in [9.17, 15) is 4.79 Å². The van der Waals surface area contributed by atoms with Gasteiger partial charge in [0.2, 0.25) is 0 Å². The standard InChI is InChI=1S/C22H33N5O2/c1-7-27(18-8-10-29-11-9-18)22-16(4)20(25-26(22)6)17(5)23-13-19-14(2)12-15(3)24-21(19)28/h12,18,23H,5,7-11,13H2,1-4,6H3,(H,24,28). The van der Waals surface area contributed by atoms with Crippen molar-refractivity contribution in [2.45, 2.75) is 53.1 Å². The first-order valence-corrected chi connectivity index (χ1v) is 10.3. The lowest BCUT2D eigenvalue weighted by molar-refractivity contribution is 0.0843. The number of ether oxygens (including phenoxy) is 1. The van der Waals surface area contributed by atoms with E-state index in [4.69, 9.17) is 9.84 Å². The summed E-state index contributed by atoms with van der Waals surface area (Å²) in [5.74, 6) is 1.13. The van der Waals surface area contributed by atoms with E-state index in [2.05, 4.69) is 35.6 Å². The number of nitrogens with one attached hydrogen (secondary N) is 2. The van der Waals surface area contributed by atoms with Gasteiger partial charge in [0.1, 0.15) is 11.5 Å². The molecule has 1 saturated heterocycles. The van der Waals surface area contributed by atoms with Gasteiger partial charge in [-0.15, -0.1) is 0 Å². The molecule has 0 saturated carbocycles. The van der Waals surface area contributed by atoms with Crippen molar-refractivity contribution in [3.8, 4) is 0 Å². The van der Waals surface area contributed by atoms with E-state index in [1.165, 1.54) is 0 Å². The molecule has 0 unspecified atom stereocenters. The molecule has 0 atom stereocenters. The summed E-state index contributed by atoms with van der Waals surface area (Å²) in [6.07, 6.45) is 2.06. The molecule has 0 bridgehead atoms. The van der Waals surface area contributed by atoms with Gasteiger partial charge >= 0.3 is 0 Å². The van der Waals surface area contributed by atoms with Crippen molar-refractivity contribution in [3.63, 3.8) is 0 Å². The summed E-state index contributed by atoms with van der Waals surface area (Å²) in [5.41, 5.74) is 5.18. The minimum absolute atomic E-state index is 0.0575. The second-order valence-electron chi connectivity index (χ2n) is 7.83. The fourth-order valence-electron chi connectivity index (χ4n) is 4.27. The molecule has 0 aliphatic carbocycles. The number of H-pyrrole nitrogens is 1. The molecular formula is C22H33N5O2. The van der Waals surface area contributed by atoms with E-state index >= 15 is 0 Å². The van der Waals surface area contributed by atoms with Gasteiger partial charge in [-0.2, -0.15) is 5.10 Å². The second kappa shape index (κ2) is 8.86.